The van der Waals surface area contributed by atoms with Crippen molar-refractivity contribution in [2.24, 2.45) is 0 Å². The van der Waals surface area contributed by atoms with Crippen LogP contribution in [-0.4, -0.2) is 47.7 Å². The molecular formula is C12H14BrNO4S. The summed E-state index contributed by atoms with van der Waals surface area (Å²) in [4.78, 5) is 25.5. The molecule has 7 heteroatoms. The molecule has 0 saturated carbocycles. The number of carbonyl (C=O) groups excluding carboxylic acids is 1. The third kappa shape index (κ3) is 2.82. The predicted octanol–water partition coefficient (Wildman–Crippen LogP) is 2.13. The number of rotatable bonds is 3. The summed E-state index contributed by atoms with van der Waals surface area (Å²) >= 11 is 4.69. The monoisotopic (exact) mass is 347 g/mol. The minimum absolute atomic E-state index is 0.213. The molecule has 1 aromatic heterocycles. The number of likely N-dealkylation sites (tertiary alicyclic amines) is 1. The van der Waals surface area contributed by atoms with E-state index >= 15 is 0 Å². The highest BCUT2D eigenvalue weighted by Crippen LogP contribution is 2.30. The van der Waals surface area contributed by atoms with Crippen LogP contribution < -0.4 is 0 Å². The van der Waals surface area contributed by atoms with Gasteiger partial charge in [0.1, 0.15) is 6.04 Å². The normalized spacial score (nSPS) is 22.8. The fourth-order valence-corrected chi connectivity index (χ4v) is 3.62. The number of halogens is 1. The van der Waals surface area contributed by atoms with Crippen LogP contribution in [0, 0.1) is 6.92 Å². The summed E-state index contributed by atoms with van der Waals surface area (Å²) < 4.78 is 6.07. The molecule has 19 heavy (non-hydrogen) atoms. The maximum absolute atomic E-state index is 12.4. The van der Waals surface area contributed by atoms with Crippen molar-refractivity contribution in [2.45, 2.75) is 25.5 Å². The Kier molecular flexibility index (Phi) is 4.27. The molecule has 2 heterocycles. The number of aryl methyl sites for hydroxylation is 1. The third-order valence-corrected chi connectivity index (χ3v) is 5.33. The summed E-state index contributed by atoms with van der Waals surface area (Å²) in [6.45, 7) is 2.22. The third-order valence-electron chi connectivity index (χ3n) is 3.21. The van der Waals surface area contributed by atoms with Crippen molar-refractivity contribution in [3.05, 3.63) is 20.3 Å². The van der Waals surface area contributed by atoms with Gasteiger partial charge in [0.05, 0.1) is 14.8 Å². The molecule has 2 rings (SSSR count). The van der Waals surface area contributed by atoms with Crippen molar-refractivity contribution in [2.75, 3.05) is 13.7 Å². The van der Waals surface area contributed by atoms with E-state index in [0.717, 1.165) is 9.35 Å². The van der Waals surface area contributed by atoms with Gasteiger partial charge in [-0.3, -0.25) is 4.79 Å². The van der Waals surface area contributed by atoms with Crippen LogP contribution in [0.3, 0.4) is 0 Å². The lowest BCUT2D eigenvalue weighted by atomic mass is 10.2. The fourth-order valence-electron chi connectivity index (χ4n) is 2.13. The Hall–Kier alpha value is -0.920. The quantitative estimate of drug-likeness (QED) is 0.909. The van der Waals surface area contributed by atoms with Crippen LogP contribution in [0.1, 0.15) is 21.7 Å². The Labute approximate surface area is 123 Å². The van der Waals surface area contributed by atoms with E-state index in [-0.39, 0.29) is 12.0 Å². The van der Waals surface area contributed by atoms with Gasteiger partial charge in [0.15, 0.2) is 0 Å². The Morgan fingerprint density at radius 1 is 1.58 bits per heavy atom. The molecule has 0 spiro atoms. The highest BCUT2D eigenvalue weighted by Gasteiger charge is 2.40. The lowest BCUT2D eigenvalue weighted by molar-refractivity contribution is -0.141. The first kappa shape index (κ1) is 14.5. The number of thiophene rings is 1. The second-order valence-electron chi connectivity index (χ2n) is 4.47. The van der Waals surface area contributed by atoms with Crippen LogP contribution in [0.5, 0.6) is 0 Å². The Balaban J connectivity index is 2.23. The number of carboxylic acids is 1. The van der Waals surface area contributed by atoms with Crippen LogP contribution in [0.2, 0.25) is 0 Å². The van der Waals surface area contributed by atoms with E-state index in [9.17, 15) is 14.7 Å². The predicted molar refractivity (Wildman–Crippen MR) is 74.6 cm³/mol. The van der Waals surface area contributed by atoms with E-state index < -0.39 is 12.0 Å². The van der Waals surface area contributed by atoms with Crippen LogP contribution in [0.25, 0.3) is 0 Å². The molecule has 104 valence electrons. The Morgan fingerprint density at radius 3 is 2.74 bits per heavy atom. The molecule has 2 atom stereocenters. The van der Waals surface area contributed by atoms with Gasteiger partial charge in [0.25, 0.3) is 5.91 Å². The van der Waals surface area contributed by atoms with Gasteiger partial charge in [-0.15, -0.1) is 11.3 Å². The number of methoxy groups -OCH3 is 1. The summed E-state index contributed by atoms with van der Waals surface area (Å²) in [5.41, 5.74) is 0.975. The van der Waals surface area contributed by atoms with E-state index in [1.807, 2.05) is 6.92 Å². The van der Waals surface area contributed by atoms with Gasteiger partial charge in [0.2, 0.25) is 0 Å². The Bertz CT molecular complexity index is 496. The van der Waals surface area contributed by atoms with Crippen molar-refractivity contribution in [3.8, 4) is 0 Å². The van der Waals surface area contributed by atoms with Crippen LogP contribution in [0.4, 0.5) is 0 Å². The molecule has 0 bridgehead atoms. The molecule has 0 aromatic carbocycles. The molecule has 1 fully saturated rings. The summed E-state index contributed by atoms with van der Waals surface area (Å²) in [5.74, 6) is -1.23. The van der Waals surface area contributed by atoms with Crippen LogP contribution in [-0.2, 0) is 9.53 Å². The molecular weight excluding hydrogens is 334 g/mol. The van der Waals surface area contributed by atoms with E-state index in [0.29, 0.717) is 17.8 Å². The summed E-state index contributed by atoms with van der Waals surface area (Å²) in [5, 5.41) is 9.20. The van der Waals surface area contributed by atoms with Gasteiger partial charge in [-0.25, -0.2) is 4.79 Å². The zero-order valence-corrected chi connectivity index (χ0v) is 13.0. The second kappa shape index (κ2) is 5.60. The highest BCUT2D eigenvalue weighted by molar-refractivity contribution is 9.11. The summed E-state index contributed by atoms with van der Waals surface area (Å²) in [6, 6.07) is 0.967. The lowest BCUT2D eigenvalue weighted by Gasteiger charge is -2.20. The number of carbonyl (C=O) groups is 2. The number of hydrogen-bond donors (Lipinski definition) is 1. The van der Waals surface area contributed by atoms with Crippen LogP contribution in [0.15, 0.2) is 9.85 Å². The molecule has 5 nitrogen and oxygen atoms in total. The van der Waals surface area contributed by atoms with Gasteiger partial charge in [0, 0.05) is 20.1 Å². The average molecular weight is 348 g/mol. The number of amides is 1. The summed E-state index contributed by atoms with van der Waals surface area (Å²) in [7, 11) is 1.53. The van der Waals surface area contributed by atoms with Gasteiger partial charge in [-0.1, -0.05) is 0 Å². The van der Waals surface area contributed by atoms with E-state index in [2.05, 4.69) is 15.9 Å². The van der Waals surface area contributed by atoms with Gasteiger partial charge >= 0.3 is 5.97 Å². The maximum atomic E-state index is 12.4. The SMILES string of the molecule is COC1CC(C(=O)O)N(C(=O)c2cc(C)c(Br)s2)C1. The van der Waals surface area contributed by atoms with Gasteiger partial charge in [-0.2, -0.15) is 0 Å². The van der Waals surface area contributed by atoms with E-state index in [4.69, 9.17) is 4.74 Å². The highest BCUT2D eigenvalue weighted by atomic mass is 79.9. The molecule has 1 N–H and O–H groups in total. The zero-order chi connectivity index (χ0) is 14.2. The number of carboxylic acid groups (broad SMARTS) is 1. The maximum Gasteiger partial charge on any atom is 0.326 e. The Morgan fingerprint density at radius 2 is 2.26 bits per heavy atom. The van der Waals surface area contributed by atoms with Crippen molar-refractivity contribution >= 4 is 39.1 Å². The molecule has 0 radical (unpaired) electrons. The smallest absolute Gasteiger partial charge is 0.326 e. The molecule has 1 aromatic rings. The minimum atomic E-state index is -0.986. The molecule has 1 aliphatic rings. The topological polar surface area (TPSA) is 66.8 Å². The van der Waals surface area contributed by atoms with Crippen molar-refractivity contribution < 1.29 is 19.4 Å². The first-order valence-corrected chi connectivity index (χ1v) is 7.37. The molecule has 2 unspecified atom stereocenters. The molecule has 0 aliphatic carbocycles. The molecule has 1 amide bonds. The first-order chi connectivity index (χ1) is 8.93. The lowest BCUT2D eigenvalue weighted by Crippen LogP contribution is -2.40. The number of ether oxygens (including phenoxy) is 1. The number of aliphatic carboxylic acids is 1. The zero-order valence-electron chi connectivity index (χ0n) is 10.6. The molecule has 1 saturated heterocycles. The minimum Gasteiger partial charge on any atom is -0.480 e. The number of nitrogens with zero attached hydrogens (tertiary/aromatic N) is 1. The van der Waals surface area contributed by atoms with Gasteiger partial charge < -0.3 is 14.7 Å². The van der Waals surface area contributed by atoms with E-state index in [1.54, 1.807) is 6.07 Å². The summed E-state index contributed by atoms with van der Waals surface area (Å²) in [6.07, 6.45) is 0.123. The fraction of sp³-hybridized carbons (Fsp3) is 0.500. The first-order valence-electron chi connectivity index (χ1n) is 5.76. The van der Waals surface area contributed by atoms with Gasteiger partial charge in [-0.05, 0) is 34.5 Å². The van der Waals surface area contributed by atoms with Crippen molar-refractivity contribution in [3.63, 3.8) is 0 Å². The average Bonchev–Trinajstić information content (AvgIpc) is 2.93. The largest absolute Gasteiger partial charge is 0.480 e. The second-order valence-corrected chi connectivity index (χ2v) is 6.84. The molecule has 1 aliphatic heterocycles. The number of hydrogen-bond acceptors (Lipinski definition) is 4. The van der Waals surface area contributed by atoms with Crippen molar-refractivity contribution in [1.29, 1.82) is 0 Å². The standard InChI is InChI=1S/C12H14BrNO4S/c1-6-3-9(19-10(6)13)11(15)14-5-7(18-2)4-8(14)12(16)17/h3,7-8H,4-5H2,1-2H3,(H,16,17). The van der Waals surface area contributed by atoms with Crippen LogP contribution >= 0.6 is 27.3 Å². The van der Waals surface area contributed by atoms with E-state index in [1.165, 1.54) is 23.3 Å². The van der Waals surface area contributed by atoms with Crippen molar-refractivity contribution in [1.82, 2.24) is 4.90 Å².